The van der Waals surface area contributed by atoms with Crippen LogP contribution in [0, 0.1) is 0 Å². The van der Waals surface area contributed by atoms with E-state index in [-0.39, 0.29) is 5.91 Å². The fraction of sp³-hybridized carbons (Fsp3) is 0.294. The lowest BCUT2D eigenvalue weighted by Gasteiger charge is -2.27. The summed E-state index contributed by atoms with van der Waals surface area (Å²) >= 11 is 0. The molecule has 0 N–H and O–H groups in total. The Balaban J connectivity index is 1.73. The minimum absolute atomic E-state index is 0.0628. The highest BCUT2D eigenvalue weighted by Gasteiger charge is 2.16. The molecular weight excluding hydrogens is 278 g/mol. The van der Waals surface area contributed by atoms with Crippen LogP contribution in [0.4, 0.5) is 11.5 Å². The van der Waals surface area contributed by atoms with Gasteiger partial charge in [0.15, 0.2) is 0 Å². The van der Waals surface area contributed by atoms with Crippen LogP contribution in [0.2, 0.25) is 0 Å². The number of anilines is 2. The molecule has 2 heterocycles. The lowest BCUT2D eigenvalue weighted by molar-refractivity contribution is 0.0992. The third kappa shape index (κ3) is 3.09. The van der Waals surface area contributed by atoms with Gasteiger partial charge in [0, 0.05) is 32.0 Å². The number of hydrogen-bond donors (Lipinski definition) is 0. The zero-order valence-corrected chi connectivity index (χ0v) is 12.6. The number of rotatable bonds is 3. The van der Waals surface area contributed by atoms with E-state index in [0.29, 0.717) is 5.56 Å². The monoisotopic (exact) mass is 297 g/mol. The van der Waals surface area contributed by atoms with Crippen molar-refractivity contribution in [1.29, 1.82) is 0 Å². The minimum atomic E-state index is -0.0628. The van der Waals surface area contributed by atoms with Crippen LogP contribution >= 0.6 is 0 Å². The van der Waals surface area contributed by atoms with Crippen LogP contribution in [0.5, 0.6) is 0 Å². The van der Waals surface area contributed by atoms with Crippen molar-refractivity contribution in [3.63, 3.8) is 0 Å². The summed E-state index contributed by atoms with van der Waals surface area (Å²) in [5.74, 6) is 0.828. The van der Waals surface area contributed by atoms with Gasteiger partial charge in [0.2, 0.25) is 0 Å². The maximum absolute atomic E-state index is 12.5. The Morgan fingerprint density at radius 2 is 1.86 bits per heavy atom. The molecular formula is C17H19N3O2. The normalized spacial score (nSPS) is 14.7. The second kappa shape index (κ2) is 6.58. The van der Waals surface area contributed by atoms with Crippen molar-refractivity contribution >= 4 is 17.4 Å². The van der Waals surface area contributed by atoms with Gasteiger partial charge in [0.05, 0.1) is 18.8 Å². The summed E-state index contributed by atoms with van der Waals surface area (Å²) in [6.45, 7) is 3.12. The molecule has 0 aliphatic carbocycles. The van der Waals surface area contributed by atoms with E-state index in [1.54, 1.807) is 18.1 Å². The molecule has 1 aromatic carbocycles. The molecule has 1 saturated heterocycles. The first-order chi connectivity index (χ1) is 10.8. The second-order valence-corrected chi connectivity index (χ2v) is 5.20. The number of ether oxygens (including phenoxy) is 1. The fourth-order valence-electron chi connectivity index (χ4n) is 2.45. The Morgan fingerprint density at radius 3 is 2.50 bits per heavy atom. The average molecular weight is 297 g/mol. The number of pyridine rings is 1. The van der Waals surface area contributed by atoms with E-state index >= 15 is 0 Å². The van der Waals surface area contributed by atoms with Crippen LogP contribution in [-0.4, -0.2) is 44.2 Å². The van der Waals surface area contributed by atoms with E-state index < -0.39 is 0 Å². The molecule has 5 nitrogen and oxygen atoms in total. The Bertz CT molecular complexity index is 622. The van der Waals surface area contributed by atoms with Gasteiger partial charge in [-0.2, -0.15) is 0 Å². The van der Waals surface area contributed by atoms with Crippen molar-refractivity contribution < 1.29 is 9.53 Å². The molecule has 22 heavy (non-hydrogen) atoms. The van der Waals surface area contributed by atoms with Crippen molar-refractivity contribution in [2.24, 2.45) is 0 Å². The molecule has 114 valence electrons. The first-order valence-corrected chi connectivity index (χ1v) is 7.37. The van der Waals surface area contributed by atoms with Crippen LogP contribution in [0.3, 0.4) is 0 Å². The molecule has 1 aliphatic heterocycles. The summed E-state index contributed by atoms with van der Waals surface area (Å²) in [6, 6.07) is 13.3. The molecule has 5 heteroatoms. The number of amides is 1. The predicted molar refractivity (Wildman–Crippen MR) is 86.4 cm³/mol. The summed E-state index contributed by atoms with van der Waals surface area (Å²) in [4.78, 5) is 20.7. The molecule has 0 unspecified atom stereocenters. The predicted octanol–water partition coefficient (Wildman–Crippen LogP) is 2.19. The minimum Gasteiger partial charge on any atom is -0.378 e. The van der Waals surface area contributed by atoms with Crippen molar-refractivity contribution in [3.05, 3.63) is 54.2 Å². The molecule has 0 radical (unpaired) electrons. The van der Waals surface area contributed by atoms with Crippen LogP contribution in [0.1, 0.15) is 10.4 Å². The smallest absolute Gasteiger partial charge is 0.259 e. The van der Waals surface area contributed by atoms with Crippen LogP contribution < -0.4 is 9.80 Å². The fourth-order valence-corrected chi connectivity index (χ4v) is 2.45. The standard InChI is InChI=1S/C17H19N3O2/c1-19(15-5-3-2-4-6-15)17(21)14-7-8-16(18-13-14)20-9-11-22-12-10-20/h2-8,13H,9-12H2,1H3. The first kappa shape index (κ1) is 14.5. The van der Waals surface area contributed by atoms with Crippen LogP contribution in [0.25, 0.3) is 0 Å². The van der Waals surface area contributed by atoms with Gasteiger partial charge in [-0.05, 0) is 24.3 Å². The Hall–Kier alpha value is -2.40. The van der Waals surface area contributed by atoms with Gasteiger partial charge in [0.1, 0.15) is 5.82 Å². The topological polar surface area (TPSA) is 45.7 Å². The van der Waals surface area contributed by atoms with Crippen molar-refractivity contribution in [2.45, 2.75) is 0 Å². The molecule has 0 bridgehead atoms. The van der Waals surface area contributed by atoms with Gasteiger partial charge < -0.3 is 14.5 Å². The lowest BCUT2D eigenvalue weighted by Crippen LogP contribution is -2.36. The highest BCUT2D eigenvalue weighted by atomic mass is 16.5. The van der Waals surface area contributed by atoms with E-state index in [9.17, 15) is 4.79 Å². The Labute approximate surface area is 130 Å². The van der Waals surface area contributed by atoms with Crippen molar-refractivity contribution in [3.8, 4) is 0 Å². The third-order valence-electron chi connectivity index (χ3n) is 3.78. The highest BCUT2D eigenvalue weighted by molar-refractivity contribution is 6.05. The second-order valence-electron chi connectivity index (χ2n) is 5.20. The summed E-state index contributed by atoms with van der Waals surface area (Å²) in [6.07, 6.45) is 1.65. The van der Waals surface area contributed by atoms with E-state index in [1.807, 2.05) is 42.5 Å². The summed E-state index contributed by atoms with van der Waals surface area (Å²) < 4.78 is 5.33. The van der Waals surface area contributed by atoms with Crippen molar-refractivity contribution in [1.82, 2.24) is 4.98 Å². The quantitative estimate of drug-likeness (QED) is 0.871. The molecule has 0 atom stereocenters. The van der Waals surface area contributed by atoms with Gasteiger partial charge in [0.25, 0.3) is 5.91 Å². The number of hydrogen-bond acceptors (Lipinski definition) is 4. The van der Waals surface area contributed by atoms with E-state index in [0.717, 1.165) is 37.8 Å². The van der Waals surface area contributed by atoms with Crippen LogP contribution in [-0.2, 0) is 4.74 Å². The average Bonchev–Trinajstić information content (AvgIpc) is 2.62. The number of para-hydroxylation sites is 1. The van der Waals surface area contributed by atoms with E-state index in [2.05, 4.69) is 9.88 Å². The van der Waals surface area contributed by atoms with Crippen LogP contribution in [0.15, 0.2) is 48.7 Å². The highest BCUT2D eigenvalue weighted by Crippen LogP contribution is 2.17. The molecule has 1 amide bonds. The van der Waals surface area contributed by atoms with Gasteiger partial charge >= 0.3 is 0 Å². The van der Waals surface area contributed by atoms with Gasteiger partial charge in [-0.1, -0.05) is 18.2 Å². The molecule has 2 aromatic rings. The molecule has 0 spiro atoms. The number of aromatic nitrogens is 1. The summed E-state index contributed by atoms with van der Waals surface area (Å²) in [7, 11) is 1.77. The molecule has 1 aromatic heterocycles. The largest absolute Gasteiger partial charge is 0.378 e. The summed E-state index contributed by atoms with van der Waals surface area (Å²) in [5.41, 5.74) is 1.45. The number of carbonyl (C=O) groups excluding carboxylic acids is 1. The third-order valence-corrected chi connectivity index (χ3v) is 3.78. The number of morpholine rings is 1. The van der Waals surface area contributed by atoms with E-state index in [1.165, 1.54) is 0 Å². The Morgan fingerprint density at radius 1 is 1.14 bits per heavy atom. The molecule has 0 saturated carbocycles. The Kier molecular flexibility index (Phi) is 4.34. The zero-order valence-electron chi connectivity index (χ0n) is 12.6. The number of benzene rings is 1. The number of nitrogens with zero attached hydrogens (tertiary/aromatic N) is 3. The van der Waals surface area contributed by atoms with Gasteiger partial charge in [-0.25, -0.2) is 4.98 Å². The van der Waals surface area contributed by atoms with Crippen molar-refractivity contribution in [2.75, 3.05) is 43.2 Å². The molecule has 1 fully saturated rings. The molecule has 1 aliphatic rings. The first-order valence-electron chi connectivity index (χ1n) is 7.37. The van der Waals surface area contributed by atoms with Gasteiger partial charge in [-0.15, -0.1) is 0 Å². The summed E-state index contributed by atoms with van der Waals surface area (Å²) in [5, 5.41) is 0. The zero-order chi connectivity index (χ0) is 15.4. The maximum Gasteiger partial charge on any atom is 0.259 e. The molecule has 3 rings (SSSR count). The van der Waals surface area contributed by atoms with Gasteiger partial charge in [-0.3, -0.25) is 4.79 Å². The SMILES string of the molecule is CN(C(=O)c1ccc(N2CCOCC2)nc1)c1ccccc1. The number of carbonyl (C=O) groups is 1. The lowest BCUT2D eigenvalue weighted by atomic mass is 10.2. The maximum atomic E-state index is 12.5. The van der Waals surface area contributed by atoms with E-state index in [4.69, 9.17) is 4.74 Å².